The van der Waals surface area contributed by atoms with E-state index in [9.17, 15) is 9.59 Å². The van der Waals surface area contributed by atoms with Crippen LogP contribution in [0, 0.1) is 0 Å². The molecule has 2 rings (SSSR count). The predicted octanol–water partition coefficient (Wildman–Crippen LogP) is -1.61. The van der Waals surface area contributed by atoms with Crippen molar-refractivity contribution in [3.05, 3.63) is 21.0 Å². The van der Waals surface area contributed by atoms with E-state index in [2.05, 4.69) is 4.98 Å². The van der Waals surface area contributed by atoms with Gasteiger partial charge in [-0.1, -0.05) is 0 Å². The summed E-state index contributed by atoms with van der Waals surface area (Å²) in [6, 6.07) is 0. The Morgan fingerprint density at radius 2 is 1.92 bits per heavy atom. The molecule has 0 unspecified atom stereocenters. The summed E-state index contributed by atoms with van der Waals surface area (Å²) < 4.78 is 2.52. The second-order valence-electron chi connectivity index (χ2n) is 3.11. The van der Waals surface area contributed by atoms with E-state index < -0.39 is 5.69 Å². The number of fused-ring (bicyclic) bond motifs is 1. The molecule has 1 aliphatic rings. The minimum Gasteiger partial charge on any atom is -0.343 e. The molecule has 2 heterocycles. The van der Waals surface area contributed by atoms with Crippen LogP contribution in [0.2, 0.25) is 0 Å². The quantitative estimate of drug-likeness (QED) is 0.484. The second kappa shape index (κ2) is 2.45. The van der Waals surface area contributed by atoms with E-state index in [1.165, 1.54) is 11.6 Å². The summed E-state index contributed by atoms with van der Waals surface area (Å²) in [5, 5.41) is 0. The van der Waals surface area contributed by atoms with Gasteiger partial charge in [-0.2, -0.15) is 4.98 Å². The number of aromatic nitrogens is 3. The minimum absolute atomic E-state index is 0.292. The lowest BCUT2D eigenvalue weighted by molar-refractivity contribution is 0.633. The van der Waals surface area contributed by atoms with Crippen molar-refractivity contribution in [2.75, 3.05) is 18.5 Å². The first kappa shape index (κ1) is 8.03. The highest BCUT2D eigenvalue weighted by Crippen LogP contribution is 2.10. The average molecular weight is 182 g/mol. The summed E-state index contributed by atoms with van der Waals surface area (Å²) in [5.41, 5.74) is -0.788. The van der Waals surface area contributed by atoms with E-state index in [-0.39, 0.29) is 5.69 Å². The van der Waals surface area contributed by atoms with Crippen LogP contribution in [0.1, 0.15) is 0 Å². The van der Waals surface area contributed by atoms with Crippen LogP contribution < -0.4 is 16.3 Å². The molecule has 6 nitrogen and oxygen atoms in total. The van der Waals surface area contributed by atoms with Crippen molar-refractivity contribution in [2.24, 2.45) is 7.05 Å². The summed E-state index contributed by atoms with van der Waals surface area (Å²) in [7, 11) is 3.24. The van der Waals surface area contributed by atoms with Gasteiger partial charge in [-0.25, -0.2) is 14.2 Å². The minimum atomic E-state index is -0.495. The average Bonchev–Trinajstić information content (AvgIpc) is 2.45. The lowest BCUT2D eigenvalue weighted by Gasteiger charge is -2.08. The molecule has 0 amide bonds. The van der Waals surface area contributed by atoms with Gasteiger partial charge in [0.2, 0.25) is 5.95 Å². The molecule has 0 saturated heterocycles. The molecule has 0 saturated carbocycles. The van der Waals surface area contributed by atoms with Crippen molar-refractivity contribution in [1.82, 2.24) is 14.1 Å². The molecular weight excluding hydrogens is 172 g/mol. The SMILES string of the molecule is CN1CCn2c1nc(=O)n(C)c2=O. The summed E-state index contributed by atoms with van der Waals surface area (Å²) in [4.78, 5) is 28.2. The molecule has 0 radical (unpaired) electrons. The lowest BCUT2D eigenvalue weighted by Crippen LogP contribution is -2.39. The third-order valence-corrected chi connectivity index (χ3v) is 2.24. The molecule has 1 aromatic rings. The van der Waals surface area contributed by atoms with Gasteiger partial charge in [0.25, 0.3) is 0 Å². The van der Waals surface area contributed by atoms with Gasteiger partial charge in [0.15, 0.2) is 0 Å². The Bertz CT molecular complexity index is 459. The van der Waals surface area contributed by atoms with Gasteiger partial charge < -0.3 is 4.90 Å². The Morgan fingerprint density at radius 3 is 2.62 bits per heavy atom. The van der Waals surface area contributed by atoms with E-state index in [1.807, 2.05) is 7.05 Å². The highest BCUT2D eigenvalue weighted by Gasteiger charge is 2.19. The standard InChI is InChI=1S/C7H10N4O2/c1-9-3-4-11-5(9)8-6(12)10(2)7(11)13/h3-4H2,1-2H3. The normalized spacial score (nSPS) is 14.8. The topological polar surface area (TPSA) is 60.1 Å². The van der Waals surface area contributed by atoms with Crippen LogP contribution in [0.25, 0.3) is 0 Å². The molecule has 0 atom stereocenters. The van der Waals surface area contributed by atoms with E-state index >= 15 is 0 Å². The van der Waals surface area contributed by atoms with Crippen molar-refractivity contribution in [1.29, 1.82) is 0 Å². The first-order valence-electron chi connectivity index (χ1n) is 4.00. The molecule has 0 aromatic carbocycles. The van der Waals surface area contributed by atoms with Gasteiger partial charge in [0.1, 0.15) is 0 Å². The summed E-state index contributed by atoms with van der Waals surface area (Å²) in [5.74, 6) is 0.466. The van der Waals surface area contributed by atoms with Gasteiger partial charge in [0, 0.05) is 27.2 Å². The fraction of sp³-hybridized carbons (Fsp3) is 0.571. The number of nitrogens with zero attached hydrogens (tertiary/aromatic N) is 4. The predicted molar refractivity (Wildman–Crippen MR) is 47.0 cm³/mol. The van der Waals surface area contributed by atoms with Crippen LogP contribution in [0.5, 0.6) is 0 Å². The zero-order chi connectivity index (χ0) is 9.59. The number of anilines is 1. The van der Waals surface area contributed by atoms with E-state index in [4.69, 9.17) is 0 Å². The maximum atomic E-state index is 11.5. The van der Waals surface area contributed by atoms with E-state index in [0.717, 1.165) is 11.1 Å². The van der Waals surface area contributed by atoms with Gasteiger partial charge in [-0.05, 0) is 0 Å². The van der Waals surface area contributed by atoms with Gasteiger partial charge in [-0.3, -0.25) is 4.57 Å². The van der Waals surface area contributed by atoms with Gasteiger partial charge >= 0.3 is 11.4 Å². The fourth-order valence-corrected chi connectivity index (χ4v) is 1.41. The molecule has 0 fully saturated rings. The smallest absolute Gasteiger partial charge is 0.343 e. The largest absolute Gasteiger partial charge is 0.354 e. The second-order valence-corrected chi connectivity index (χ2v) is 3.11. The van der Waals surface area contributed by atoms with Crippen LogP contribution in [-0.2, 0) is 13.6 Å². The molecule has 0 N–H and O–H groups in total. The molecule has 1 aliphatic heterocycles. The molecule has 0 aliphatic carbocycles. The Kier molecular flexibility index (Phi) is 1.51. The first-order chi connectivity index (χ1) is 6.11. The maximum absolute atomic E-state index is 11.5. The monoisotopic (exact) mass is 182 g/mol. The molecule has 1 aromatic heterocycles. The highest BCUT2D eigenvalue weighted by atomic mass is 16.2. The Balaban J connectivity index is 2.82. The van der Waals surface area contributed by atoms with E-state index in [1.54, 1.807) is 4.90 Å². The van der Waals surface area contributed by atoms with Crippen LogP contribution >= 0.6 is 0 Å². The molecule has 0 spiro atoms. The first-order valence-corrected chi connectivity index (χ1v) is 4.00. The number of hydrogen-bond donors (Lipinski definition) is 0. The van der Waals surface area contributed by atoms with Crippen LogP contribution in [-0.4, -0.2) is 27.7 Å². The van der Waals surface area contributed by atoms with Gasteiger partial charge in [-0.15, -0.1) is 0 Å². The van der Waals surface area contributed by atoms with Crippen molar-refractivity contribution >= 4 is 5.95 Å². The Hall–Kier alpha value is -1.59. The third kappa shape index (κ3) is 0.980. The van der Waals surface area contributed by atoms with Gasteiger partial charge in [0.05, 0.1) is 0 Å². The molecular formula is C7H10N4O2. The Morgan fingerprint density at radius 1 is 1.23 bits per heavy atom. The number of rotatable bonds is 0. The summed E-state index contributed by atoms with van der Waals surface area (Å²) >= 11 is 0. The molecule has 0 bridgehead atoms. The van der Waals surface area contributed by atoms with Crippen LogP contribution in [0.3, 0.4) is 0 Å². The summed E-state index contributed by atoms with van der Waals surface area (Å²) in [6.07, 6.45) is 0. The Labute approximate surface area is 74.0 Å². The van der Waals surface area contributed by atoms with Crippen molar-refractivity contribution in [3.8, 4) is 0 Å². The zero-order valence-corrected chi connectivity index (χ0v) is 7.52. The molecule has 6 heteroatoms. The lowest BCUT2D eigenvalue weighted by atomic mass is 10.6. The number of likely N-dealkylation sites (N-methyl/N-ethyl adjacent to an activating group) is 1. The van der Waals surface area contributed by atoms with Crippen molar-refractivity contribution < 1.29 is 0 Å². The van der Waals surface area contributed by atoms with Crippen LogP contribution in [0.15, 0.2) is 9.59 Å². The maximum Gasteiger partial charge on any atom is 0.354 e. The molecule has 13 heavy (non-hydrogen) atoms. The van der Waals surface area contributed by atoms with Crippen LogP contribution in [0.4, 0.5) is 5.95 Å². The van der Waals surface area contributed by atoms with Crippen molar-refractivity contribution in [3.63, 3.8) is 0 Å². The zero-order valence-electron chi connectivity index (χ0n) is 7.52. The number of hydrogen-bond acceptors (Lipinski definition) is 4. The van der Waals surface area contributed by atoms with Crippen molar-refractivity contribution in [2.45, 2.75) is 6.54 Å². The fourth-order valence-electron chi connectivity index (χ4n) is 1.41. The third-order valence-electron chi connectivity index (χ3n) is 2.24. The highest BCUT2D eigenvalue weighted by molar-refractivity contribution is 5.31. The summed E-state index contributed by atoms with van der Waals surface area (Å²) in [6.45, 7) is 1.33. The van der Waals surface area contributed by atoms with E-state index in [0.29, 0.717) is 12.5 Å². The molecule has 70 valence electrons.